The summed E-state index contributed by atoms with van der Waals surface area (Å²) in [5.74, 6) is -0.991. The number of hydrogen-bond donors (Lipinski definition) is 2. The maximum absolute atomic E-state index is 12.5. The summed E-state index contributed by atoms with van der Waals surface area (Å²) in [4.78, 5) is 25.6. The second-order valence-electron chi connectivity index (χ2n) is 7.05. The highest BCUT2D eigenvalue weighted by molar-refractivity contribution is 7.89. The molecule has 0 aromatic heterocycles. The van der Waals surface area contributed by atoms with Gasteiger partial charge in [0.25, 0.3) is 0 Å². The Hall–Kier alpha value is -1.19. The number of amides is 2. The molecule has 2 unspecified atom stereocenters. The fourth-order valence-electron chi connectivity index (χ4n) is 3.16. The molecular formula is C16H30N4O4S. The van der Waals surface area contributed by atoms with E-state index in [2.05, 4.69) is 17.6 Å². The molecule has 0 bridgehead atoms. The summed E-state index contributed by atoms with van der Waals surface area (Å²) in [6, 6.07) is -0.0851. The van der Waals surface area contributed by atoms with Gasteiger partial charge in [-0.1, -0.05) is 20.3 Å². The predicted octanol–water partition coefficient (Wildman–Crippen LogP) is -0.627. The lowest BCUT2D eigenvalue weighted by molar-refractivity contribution is -0.148. The number of hydrogen-bond acceptors (Lipinski definition) is 5. The SMILES string of the molecule is CCCC(C)C(C)NC(=O)C(=O)N1CC(S(=O)(=O)N2CCNCC2)C1. The lowest BCUT2D eigenvalue weighted by Crippen LogP contribution is -2.63. The Kier molecular flexibility index (Phi) is 6.81. The van der Waals surface area contributed by atoms with Crippen molar-refractivity contribution in [1.29, 1.82) is 0 Å². The summed E-state index contributed by atoms with van der Waals surface area (Å²) in [6.45, 7) is 8.40. The average molecular weight is 375 g/mol. The number of carbonyl (C=O) groups is 2. The van der Waals surface area contributed by atoms with Gasteiger partial charge in [0.05, 0.1) is 0 Å². The Balaban J connectivity index is 1.82. The lowest BCUT2D eigenvalue weighted by atomic mass is 9.98. The Morgan fingerprint density at radius 1 is 1.20 bits per heavy atom. The van der Waals surface area contributed by atoms with Crippen LogP contribution in [0, 0.1) is 5.92 Å². The number of nitrogens with zero attached hydrogens (tertiary/aromatic N) is 2. The molecule has 2 atom stereocenters. The van der Waals surface area contributed by atoms with E-state index in [-0.39, 0.29) is 19.1 Å². The van der Waals surface area contributed by atoms with Gasteiger partial charge in [-0.25, -0.2) is 8.42 Å². The zero-order valence-electron chi connectivity index (χ0n) is 15.3. The lowest BCUT2D eigenvalue weighted by Gasteiger charge is -2.41. The van der Waals surface area contributed by atoms with Gasteiger partial charge < -0.3 is 15.5 Å². The van der Waals surface area contributed by atoms with E-state index in [1.165, 1.54) is 9.21 Å². The molecule has 0 saturated carbocycles. The van der Waals surface area contributed by atoms with E-state index in [0.717, 1.165) is 12.8 Å². The number of sulfonamides is 1. The van der Waals surface area contributed by atoms with Gasteiger partial charge in [0.15, 0.2) is 0 Å². The van der Waals surface area contributed by atoms with E-state index in [4.69, 9.17) is 0 Å². The molecule has 2 fully saturated rings. The molecule has 2 rings (SSSR count). The third-order valence-corrected chi connectivity index (χ3v) is 7.37. The molecule has 2 aliphatic rings. The molecule has 8 nitrogen and oxygen atoms in total. The molecule has 0 aliphatic carbocycles. The van der Waals surface area contributed by atoms with Gasteiger partial charge in [-0.05, 0) is 19.3 Å². The molecule has 25 heavy (non-hydrogen) atoms. The van der Waals surface area contributed by atoms with Crippen molar-refractivity contribution < 1.29 is 18.0 Å². The molecule has 2 amide bonds. The summed E-state index contributed by atoms with van der Waals surface area (Å²) < 4.78 is 26.5. The monoisotopic (exact) mass is 374 g/mol. The highest BCUT2D eigenvalue weighted by Gasteiger charge is 2.44. The van der Waals surface area contributed by atoms with Crippen LogP contribution in [0.5, 0.6) is 0 Å². The van der Waals surface area contributed by atoms with Crippen LogP contribution in [0.2, 0.25) is 0 Å². The summed E-state index contributed by atoms with van der Waals surface area (Å²) in [5.41, 5.74) is 0. The third kappa shape index (κ3) is 4.71. The maximum atomic E-state index is 12.5. The van der Waals surface area contributed by atoms with Crippen LogP contribution in [-0.2, 0) is 19.6 Å². The molecule has 0 aromatic carbocycles. The summed E-state index contributed by atoms with van der Waals surface area (Å²) in [6.07, 6.45) is 2.00. The van der Waals surface area contributed by atoms with Crippen LogP contribution in [0.4, 0.5) is 0 Å². The first-order valence-electron chi connectivity index (χ1n) is 9.06. The second-order valence-corrected chi connectivity index (χ2v) is 9.27. The largest absolute Gasteiger partial charge is 0.345 e. The molecule has 0 aromatic rings. The standard InChI is InChI=1S/C16H30N4O4S/c1-4-5-12(2)13(3)18-15(21)16(22)19-10-14(11-19)25(23,24)20-8-6-17-7-9-20/h12-14,17H,4-11H2,1-3H3,(H,18,21). The molecule has 0 spiro atoms. The number of nitrogens with one attached hydrogen (secondary N) is 2. The van der Waals surface area contributed by atoms with Gasteiger partial charge >= 0.3 is 11.8 Å². The fraction of sp³-hybridized carbons (Fsp3) is 0.875. The van der Waals surface area contributed by atoms with Crippen molar-refractivity contribution in [2.45, 2.75) is 44.9 Å². The van der Waals surface area contributed by atoms with Gasteiger partial charge in [-0.2, -0.15) is 4.31 Å². The van der Waals surface area contributed by atoms with Gasteiger partial charge in [0, 0.05) is 45.3 Å². The Labute approximate surface area is 150 Å². The molecule has 2 N–H and O–H groups in total. The normalized spacial score (nSPS) is 22.1. The number of likely N-dealkylation sites (tertiary alicyclic amines) is 1. The van der Waals surface area contributed by atoms with Crippen LogP contribution >= 0.6 is 0 Å². The third-order valence-electron chi connectivity index (χ3n) is 5.14. The topological polar surface area (TPSA) is 98.8 Å². The van der Waals surface area contributed by atoms with Crippen molar-refractivity contribution in [2.75, 3.05) is 39.3 Å². The maximum Gasteiger partial charge on any atom is 0.311 e. The fourth-order valence-corrected chi connectivity index (χ4v) is 5.01. The Morgan fingerprint density at radius 2 is 1.80 bits per heavy atom. The number of rotatable bonds is 6. The first-order chi connectivity index (χ1) is 11.8. The second kappa shape index (κ2) is 8.46. The number of piperazine rings is 1. The molecule has 9 heteroatoms. The zero-order chi connectivity index (χ0) is 18.6. The van der Waals surface area contributed by atoms with Gasteiger partial charge in [-0.3, -0.25) is 9.59 Å². The van der Waals surface area contributed by atoms with Crippen molar-refractivity contribution in [3.05, 3.63) is 0 Å². The Bertz CT molecular complexity index is 583. The Morgan fingerprint density at radius 3 is 2.36 bits per heavy atom. The van der Waals surface area contributed by atoms with Crippen molar-refractivity contribution in [3.8, 4) is 0 Å². The van der Waals surface area contributed by atoms with E-state index in [9.17, 15) is 18.0 Å². The summed E-state index contributed by atoms with van der Waals surface area (Å²) in [5, 5.41) is 5.25. The predicted molar refractivity (Wildman–Crippen MR) is 95.4 cm³/mol. The molecule has 144 valence electrons. The van der Waals surface area contributed by atoms with E-state index >= 15 is 0 Å². The molecule has 0 radical (unpaired) electrons. The van der Waals surface area contributed by atoms with Crippen molar-refractivity contribution in [1.82, 2.24) is 19.8 Å². The smallest absolute Gasteiger partial charge is 0.311 e. The minimum atomic E-state index is -3.39. The van der Waals surface area contributed by atoms with E-state index < -0.39 is 27.1 Å². The minimum absolute atomic E-state index is 0.0851. The minimum Gasteiger partial charge on any atom is -0.345 e. The van der Waals surface area contributed by atoms with Crippen LogP contribution < -0.4 is 10.6 Å². The van der Waals surface area contributed by atoms with E-state index in [1.807, 2.05) is 13.8 Å². The van der Waals surface area contributed by atoms with E-state index in [0.29, 0.717) is 32.1 Å². The van der Waals surface area contributed by atoms with Crippen molar-refractivity contribution in [2.24, 2.45) is 5.92 Å². The van der Waals surface area contributed by atoms with Crippen LogP contribution in [0.25, 0.3) is 0 Å². The van der Waals surface area contributed by atoms with Crippen LogP contribution in [0.1, 0.15) is 33.6 Å². The first-order valence-corrected chi connectivity index (χ1v) is 10.6. The summed E-state index contributed by atoms with van der Waals surface area (Å²) in [7, 11) is -3.39. The van der Waals surface area contributed by atoms with E-state index in [1.54, 1.807) is 0 Å². The highest BCUT2D eigenvalue weighted by atomic mass is 32.2. The molecular weight excluding hydrogens is 344 g/mol. The van der Waals surface area contributed by atoms with Crippen molar-refractivity contribution in [3.63, 3.8) is 0 Å². The first kappa shape index (κ1) is 20.1. The van der Waals surface area contributed by atoms with Crippen LogP contribution in [-0.4, -0.2) is 80.0 Å². The molecule has 2 heterocycles. The highest BCUT2D eigenvalue weighted by Crippen LogP contribution is 2.20. The van der Waals surface area contributed by atoms with Crippen LogP contribution in [0.3, 0.4) is 0 Å². The molecule has 2 aliphatic heterocycles. The van der Waals surface area contributed by atoms with Crippen LogP contribution in [0.15, 0.2) is 0 Å². The number of carbonyl (C=O) groups excluding carboxylic acids is 2. The van der Waals surface area contributed by atoms with Gasteiger partial charge in [0.1, 0.15) is 5.25 Å². The van der Waals surface area contributed by atoms with Gasteiger partial charge in [0.2, 0.25) is 10.0 Å². The average Bonchev–Trinajstić information content (AvgIpc) is 2.54. The molecule has 2 saturated heterocycles. The zero-order valence-corrected chi connectivity index (χ0v) is 16.1. The van der Waals surface area contributed by atoms with Gasteiger partial charge in [-0.15, -0.1) is 0 Å². The van der Waals surface area contributed by atoms with Crippen molar-refractivity contribution >= 4 is 21.8 Å². The summed E-state index contributed by atoms with van der Waals surface area (Å²) >= 11 is 0. The quantitative estimate of drug-likeness (QED) is 0.604.